The Balaban J connectivity index is 2.14. The van der Waals surface area contributed by atoms with Crippen LogP contribution >= 0.6 is 46.4 Å². The number of nitrogens with one attached hydrogen (secondary N) is 2. The Labute approximate surface area is 150 Å². The lowest BCUT2D eigenvalue weighted by Gasteiger charge is -2.32. The molecule has 7 heteroatoms. The van der Waals surface area contributed by atoms with Crippen LogP contribution < -0.4 is 10.2 Å². The number of alkyl halides is 3. The summed E-state index contributed by atoms with van der Waals surface area (Å²) in [5.74, 6) is -0.282. The van der Waals surface area contributed by atoms with E-state index in [2.05, 4.69) is 5.32 Å². The average molecular weight is 385 g/mol. The highest BCUT2D eigenvalue weighted by Crippen LogP contribution is 2.28. The molecule has 3 nitrogen and oxygen atoms in total. The molecule has 122 valence electrons. The molecule has 0 radical (unpaired) electrons. The Bertz CT molecular complexity index is 511. The van der Waals surface area contributed by atoms with Gasteiger partial charge in [0, 0.05) is 10.6 Å². The molecule has 0 bridgehead atoms. The van der Waals surface area contributed by atoms with Gasteiger partial charge in [-0.15, -0.1) is 0 Å². The summed E-state index contributed by atoms with van der Waals surface area (Å²) in [6.07, 6.45) is 3.91. The number of carbonyl (C=O) groups excluding carboxylic acids is 1. The second kappa shape index (κ2) is 8.07. The van der Waals surface area contributed by atoms with Crippen LogP contribution in [0.1, 0.15) is 36.0 Å². The summed E-state index contributed by atoms with van der Waals surface area (Å²) in [7, 11) is 0. The van der Waals surface area contributed by atoms with E-state index < -0.39 is 9.96 Å². The van der Waals surface area contributed by atoms with Crippen molar-refractivity contribution < 1.29 is 9.69 Å². The first-order valence-electron chi connectivity index (χ1n) is 7.35. The van der Waals surface area contributed by atoms with Gasteiger partial charge in [0.2, 0.25) is 6.17 Å². The van der Waals surface area contributed by atoms with Gasteiger partial charge in [-0.05, 0) is 43.9 Å². The van der Waals surface area contributed by atoms with E-state index in [4.69, 9.17) is 46.4 Å². The Hall–Kier alpha value is -0.190. The minimum Gasteiger partial charge on any atom is -0.312 e. The smallest absolute Gasteiger partial charge is 0.262 e. The summed E-state index contributed by atoms with van der Waals surface area (Å²) >= 11 is 24.3. The molecule has 0 aliphatic carbocycles. The van der Waals surface area contributed by atoms with E-state index in [9.17, 15) is 4.79 Å². The third kappa shape index (κ3) is 5.17. The molecular formula is C15H19Cl4N2O+. The third-order valence-electron chi connectivity index (χ3n) is 3.84. The molecular weight excluding hydrogens is 366 g/mol. The van der Waals surface area contributed by atoms with Crippen molar-refractivity contribution >= 4 is 52.3 Å². The van der Waals surface area contributed by atoms with Gasteiger partial charge in [0.05, 0.1) is 13.1 Å². The average Bonchev–Trinajstić information content (AvgIpc) is 2.72. The molecule has 1 amide bonds. The first kappa shape index (κ1) is 18.2. The van der Waals surface area contributed by atoms with Crippen LogP contribution in [0.15, 0.2) is 24.3 Å². The maximum absolute atomic E-state index is 12.4. The van der Waals surface area contributed by atoms with Crippen molar-refractivity contribution in [2.75, 3.05) is 13.1 Å². The van der Waals surface area contributed by atoms with Crippen LogP contribution in [0.25, 0.3) is 0 Å². The molecule has 0 unspecified atom stereocenters. The Morgan fingerprint density at radius 3 is 2.32 bits per heavy atom. The van der Waals surface area contributed by atoms with Crippen molar-refractivity contribution in [1.29, 1.82) is 0 Å². The highest BCUT2D eigenvalue weighted by molar-refractivity contribution is 6.68. The largest absolute Gasteiger partial charge is 0.312 e. The van der Waals surface area contributed by atoms with Gasteiger partial charge < -0.3 is 4.90 Å². The van der Waals surface area contributed by atoms with Crippen LogP contribution in [-0.4, -0.2) is 29.0 Å². The van der Waals surface area contributed by atoms with Crippen LogP contribution in [0.4, 0.5) is 0 Å². The van der Waals surface area contributed by atoms with Crippen molar-refractivity contribution in [3.63, 3.8) is 0 Å². The standard InChI is InChI=1S/C15H18Cl4N2O/c16-12-7-5-6-11(10-12)13(22)20-14(15(17,18)19)21-8-3-1-2-4-9-21/h5-7,10,14H,1-4,8-9H2,(H,20,22)/p+1/t14-/m1/s1. The summed E-state index contributed by atoms with van der Waals surface area (Å²) < 4.78 is -1.56. The zero-order chi connectivity index (χ0) is 16.2. The number of hydrogen-bond donors (Lipinski definition) is 2. The minimum atomic E-state index is -1.56. The van der Waals surface area contributed by atoms with Gasteiger partial charge in [0.15, 0.2) is 0 Å². The summed E-state index contributed by atoms with van der Waals surface area (Å²) in [4.78, 5) is 13.5. The van der Waals surface area contributed by atoms with Gasteiger partial charge in [-0.3, -0.25) is 10.1 Å². The Kier molecular flexibility index (Phi) is 6.66. The number of benzene rings is 1. The van der Waals surface area contributed by atoms with E-state index in [0.29, 0.717) is 10.6 Å². The monoisotopic (exact) mass is 383 g/mol. The van der Waals surface area contributed by atoms with Crippen molar-refractivity contribution in [1.82, 2.24) is 5.32 Å². The van der Waals surface area contributed by atoms with Crippen LogP contribution in [-0.2, 0) is 0 Å². The van der Waals surface area contributed by atoms with E-state index in [1.807, 2.05) is 0 Å². The molecule has 1 aliphatic heterocycles. The zero-order valence-electron chi connectivity index (χ0n) is 12.0. The maximum atomic E-state index is 12.4. The van der Waals surface area contributed by atoms with Gasteiger partial charge >= 0.3 is 0 Å². The number of likely N-dealkylation sites (tertiary alicyclic amines) is 1. The fourth-order valence-corrected chi connectivity index (χ4v) is 3.55. The number of rotatable bonds is 3. The molecule has 1 aromatic carbocycles. The van der Waals surface area contributed by atoms with Crippen LogP contribution in [0.3, 0.4) is 0 Å². The van der Waals surface area contributed by atoms with E-state index in [0.717, 1.165) is 30.8 Å². The molecule has 1 atom stereocenters. The number of amides is 1. The number of hydrogen-bond acceptors (Lipinski definition) is 1. The quantitative estimate of drug-likeness (QED) is 0.770. The predicted molar refractivity (Wildman–Crippen MR) is 92.2 cm³/mol. The van der Waals surface area contributed by atoms with Crippen molar-refractivity contribution in [2.24, 2.45) is 0 Å². The molecule has 0 spiro atoms. The topological polar surface area (TPSA) is 33.5 Å². The highest BCUT2D eigenvalue weighted by atomic mass is 35.6. The highest BCUT2D eigenvalue weighted by Gasteiger charge is 2.42. The first-order valence-corrected chi connectivity index (χ1v) is 8.87. The van der Waals surface area contributed by atoms with E-state index >= 15 is 0 Å². The van der Waals surface area contributed by atoms with Gasteiger partial charge in [0.25, 0.3) is 9.70 Å². The molecule has 2 N–H and O–H groups in total. The maximum Gasteiger partial charge on any atom is 0.262 e. The molecule has 22 heavy (non-hydrogen) atoms. The third-order valence-corrected chi connectivity index (χ3v) is 4.73. The lowest BCUT2D eigenvalue weighted by atomic mass is 10.2. The lowest BCUT2D eigenvalue weighted by molar-refractivity contribution is -0.926. The Morgan fingerprint density at radius 1 is 1.14 bits per heavy atom. The summed E-state index contributed by atoms with van der Waals surface area (Å²) in [6.45, 7) is 1.77. The summed E-state index contributed by atoms with van der Waals surface area (Å²) in [5.41, 5.74) is 0.459. The summed E-state index contributed by atoms with van der Waals surface area (Å²) in [5, 5.41) is 3.37. The summed E-state index contributed by atoms with van der Waals surface area (Å²) in [6, 6.07) is 6.73. The molecule has 1 fully saturated rings. The molecule has 1 aromatic rings. The second-order valence-electron chi connectivity index (χ2n) is 5.53. The van der Waals surface area contributed by atoms with E-state index in [1.54, 1.807) is 24.3 Å². The van der Waals surface area contributed by atoms with Gasteiger partial charge in [0.1, 0.15) is 0 Å². The van der Waals surface area contributed by atoms with Crippen LogP contribution in [0.2, 0.25) is 5.02 Å². The van der Waals surface area contributed by atoms with Crippen molar-refractivity contribution in [3.8, 4) is 0 Å². The van der Waals surface area contributed by atoms with Gasteiger partial charge in [-0.25, -0.2) is 0 Å². The number of halogens is 4. The van der Waals surface area contributed by atoms with Crippen LogP contribution in [0, 0.1) is 0 Å². The molecule has 2 rings (SSSR count). The molecule has 0 saturated carbocycles. The Morgan fingerprint density at radius 2 is 1.77 bits per heavy atom. The number of carbonyl (C=O) groups is 1. The molecule has 1 saturated heterocycles. The predicted octanol–water partition coefficient (Wildman–Crippen LogP) is 3.23. The fourth-order valence-electron chi connectivity index (χ4n) is 2.73. The minimum absolute atomic E-state index is 0.282. The van der Waals surface area contributed by atoms with Gasteiger partial charge in [-0.2, -0.15) is 0 Å². The zero-order valence-corrected chi connectivity index (χ0v) is 15.1. The fraction of sp³-hybridized carbons (Fsp3) is 0.533. The number of quaternary nitrogens is 1. The lowest BCUT2D eigenvalue weighted by Crippen LogP contribution is -3.19. The van der Waals surface area contributed by atoms with Crippen LogP contribution in [0.5, 0.6) is 0 Å². The molecule has 1 heterocycles. The second-order valence-corrected chi connectivity index (χ2v) is 8.34. The van der Waals surface area contributed by atoms with Crippen molar-refractivity contribution in [3.05, 3.63) is 34.9 Å². The normalized spacial score (nSPS) is 18.5. The van der Waals surface area contributed by atoms with E-state index in [-0.39, 0.29) is 5.91 Å². The molecule has 1 aliphatic rings. The van der Waals surface area contributed by atoms with Gasteiger partial charge in [-0.1, -0.05) is 52.5 Å². The SMILES string of the molecule is O=C(N[C@H]([NH+]1CCCCCC1)C(Cl)(Cl)Cl)c1cccc(Cl)c1. The first-order chi connectivity index (χ1) is 10.4. The molecule has 0 aromatic heterocycles. The van der Waals surface area contributed by atoms with E-state index in [1.165, 1.54) is 12.8 Å². The van der Waals surface area contributed by atoms with Crippen molar-refractivity contribution in [2.45, 2.75) is 35.6 Å².